The van der Waals surface area contributed by atoms with Crippen molar-refractivity contribution in [2.24, 2.45) is 0 Å². The van der Waals surface area contributed by atoms with Crippen LogP contribution in [0.5, 0.6) is 0 Å². The maximum Gasteiger partial charge on any atom is 0.131 e. The Morgan fingerprint density at radius 2 is 1.83 bits per heavy atom. The first-order valence-electron chi connectivity index (χ1n) is 6.40. The van der Waals surface area contributed by atoms with Gasteiger partial charge in [-0.05, 0) is 38.9 Å². The van der Waals surface area contributed by atoms with Crippen molar-refractivity contribution in [1.29, 1.82) is 0 Å². The van der Waals surface area contributed by atoms with Crippen LogP contribution in [0.15, 0.2) is 18.2 Å². The Kier molecular flexibility index (Phi) is 6.22. The molecule has 0 heterocycles. The second kappa shape index (κ2) is 7.44. The highest BCUT2D eigenvalue weighted by Gasteiger charge is 2.25. The van der Waals surface area contributed by atoms with Gasteiger partial charge in [-0.25, -0.2) is 8.78 Å². The molecule has 1 aromatic rings. The van der Waals surface area contributed by atoms with Crippen molar-refractivity contribution in [2.45, 2.75) is 39.3 Å². The molecule has 0 amide bonds. The first-order chi connectivity index (χ1) is 8.61. The Hall–Kier alpha value is -1.00. The molecule has 2 atom stereocenters. The number of rotatable bonds is 7. The molecular weight excluding hydrogens is 236 g/mol. The van der Waals surface area contributed by atoms with E-state index in [9.17, 15) is 8.78 Å². The molecular formula is C14H21F2NO. The Morgan fingerprint density at radius 3 is 2.33 bits per heavy atom. The minimum Gasteiger partial charge on any atom is -0.377 e. The molecule has 2 unspecified atom stereocenters. The lowest BCUT2D eigenvalue weighted by Crippen LogP contribution is -2.34. The summed E-state index contributed by atoms with van der Waals surface area (Å²) in [6.07, 6.45) is 0.610. The molecule has 0 aromatic heterocycles. The summed E-state index contributed by atoms with van der Waals surface area (Å²) >= 11 is 0. The van der Waals surface area contributed by atoms with Gasteiger partial charge in [-0.15, -0.1) is 0 Å². The maximum atomic E-state index is 13.8. The van der Waals surface area contributed by atoms with Gasteiger partial charge in [0.2, 0.25) is 0 Å². The third-order valence-corrected chi connectivity index (χ3v) is 2.82. The van der Waals surface area contributed by atoms with Crippen LogP contribution in [0.3, 0.4) is 0 Å². The minimum absolute atomic E-state index is 0.0619. The summed E-state index contributed by atoms with van der Waals surface area (Å²) < 4.78 is 33.1. The monoisotopic (exact) mass is 257 g/mol. The van der Waals surface area contributed by atoms with Crippen molar-refractivity contribution in [3.05, 3.63) is 35.4 Å². The Labute approximate surface area is 107 Å². The molecule has 0 fully saturated rings. The van der Waals surface area contributed by atoms with Crippen molar-refractivity contribution >= 4 is 0 Å². The summed E-state index contributed by atoms with van der Waals surface area (Å²) in [4.78, 5) is 0. The maximum absolute atomic E-state index is 13.8. The van der Waals surface area contributed by atoms with Crippen molar-refractivity contribution in [2.75, 3.05) is 13.2 Å². The topological polar surface area (TPSA) is 21.3 Å². The molecule has 0 aliphatic carbocycles. The van der Waals surface area contributed by atoms with Crippen molar-refractivity contribution in [3.63, 3.8) is 0 Å². The highest BCUT2D eigenvalue weighted by molar-refractivity contribution is 5.24. The van der Waals surface area contributed by atoms with Crippen LogP contribution in [0.4, 0.5) is 8.78 Å². The van der Waals surface area contributed by atoms with Gasteiger partial charge in [-0.1, -0.05) is 13.0 Å². The Balaban J connectivity index is 3.00. The van der Waals surface area contributed by atoms with E-state index in [1.165, 1.54) is 18.2 Å². The minimum atomic E-state index is -0.532. The average molecular weight is 257 g/mol. The highest BCUT2D eigenvalue weighted by Crippen LogP contribution is 2.25. The molecule has 0 saturated carbocycles. The molecule has 4 heteroatoms. The fraction of sp³-hybridized carbons (Fsp3) is 0.571. The lowest BCUT2D eigenvalue weighted by Gasteiger charge is -2.26. The van der Waals surface area contributed by atoms with Crippen molar-refractivity contribution in [3.8, 4) is 0 Å². The van der Waals surface area contributed by atoms with E-state index in [-0.39, 0.29) is 11.7 Å². The van der Waals surface area contributed by atoms with Gasteiger partial charge in [0.25, 0.3) is 0 Å². The summed E-state index contributed by atoms with van der Waals surface area (Å²) in [6.45, 7) is 6.90. The molecule has 2 nitrogen and oxygen atoms in total. The van der Waals surface area contributed by atoms with E-state index in [4.69, 9.17) is 4.74 Å². The van der Waals surface area contributed by atoms with E-state index >= 15 is 0 Å². The summed E-state index contributed by atoms with van der Waals surface area (Å²) in [5.41, 5.74) is 0.0619. The first kappa shape index (κ1) is 15.1. The summed E-state index contributed by atoms with van der Waals surface area (Å²) in [5, 5.41) is 3.15. The van der Waals surface area contributed by atoms with Crippen LogP contribution < -0.4 is 5.32 Å². The lowest BCUT2D eigenvalue weighted by atomic mass is 10.0. The van der Waals surface area contributed by atoms with Crippen LogP contribution in [0.25, 0.3) is 0 Å². The van der Waals surface area contributed by atoms with Gasteiger partial charge in [-0.2, -0.15) is 0 Å². The quantitative estimate of drug-likeness (QED) is 0.808. The Morgan fingerprint density at radius 1 is 1.22 bits per heavy atom. The van der Waals surface area contributed by atoms with Crippen LogP contribution in [0.2, 0.25) is 0 Å². The standard InChI is InChI=1S/C14H21F2NO/c1-4-9-17-14(10(3)18-5-2)13-11(15)7-6-8-12(13)16/h6-8,10,14,17H,4-5,9H2,1-3H3. The molecule has 0 saturated heterocycles. The van der Waals surface area contributed by atoms with E-state index in [1.807, 2.05) is 20.8 Å². The molecule has 0 spiro atoms. The second-order valence-electron chi connectivity index (χ2n) is 4.23. The van der Waals surface area contributed by atoms with Gasteiger partial charge in [0.1, 0.15) is 11.6 Å². The molecule has 1 aromatic carbocycles. The largest absolute Gasteiger partial charge is 0.377 e. The lowest BCUT2D eigenvalue weighted by molar-refractivity contribution is 0.0452. The predicted octanol–water partition coefficient (Wildman–Crippen LogP) is 3.43. The third kappa shape index (κ3) is 3.75. The van der Waals surface area contributed by atoms with Gasteiger partial charge in [0, 0.05) is 12.2 Å². The van der Waals surface area contributed by atoms with Gasteiger partial charge < -0.3 is 10.1 Å². The SMILES string of the molecule is CCCNC(c1c(F)cccc1F)C(C)OCC. The van der Waals surface area contributed by atoms with Gasteiger partial charge >= 0.3 is 0 Å². The van der Waals surface area contributed by atoms with Crippen LogP contribution in [-0.4, -0.2) is 19.3 Å². The normalized spacial score (nSPS) is 14.5. The van der Waals surface area contributed by atoms with E-state index in [0.29, 0.717) is 13.2 Å². The Bertz CT molecular complexity index is 351. The number of hydrogen-bond acceptors (Lipinski definition) is 2. The predicted molar refractivity (Wildman–Crippen MR) is 68.5 cm³/mol. The number of halogens is 2. The van der Waals surface area contributed by atoms with Gasteiger partial charge in [0.05, 0.1) is 12.1 Å². The zero-order valence-electron chi connectivity index (χ0n) is 11.2. The van der Waals surface area contributed by atoms with Gasteiger partial charge in [-0.3, -0.25) is 0 Å². The first-order valence-corrected chi connectivity index (χ1v) is 6.40. The van der Waals surface area contributed by atoms with Gasteiger partial charge in [0.15, 0.2) is 0 Å². The molecule has 18 heavy (non-hydrogen) atoms. The fourth-order valence-electron chi connectivity index (χ4n) is 1.97. The van der Waals surface area contributed by atoms with Crippen molar-refractivity contribution < 1.29 is 13.5 Å². The van der Waals surface area contributed by atoms with E-state index in [1.54, 1.807) is 0 Å². The van der Waals surface area contributed by atoms with Crippen LogP contribution >= 0.6 is 0 Å². The number of nitrogens with one attached hydrogen (secondary N) is 1. The molecule has 0 bridgehead atoms. The van der Waals surface area contributed by atoms with Crippen LogP contribution in [-0.2, 0) is 4.74 Å². The van der Waals surface area contributed by atoms with E-state index in [2.05, 4.69) is 5.32 Å². The van der Waals surface area contributed by atoms with Crippen molar-refractivity contribution in [1.82, 2.24) is 5.32 Å². The summed E-state index contributed by atoms with van der Waals surface area (Å²) in [5.74, 6) is -1.06. The zero-order chi connectivity index (χ0) is 13.5. The second-order valence-corrected chi connectivity index (χ2v) is 4.23. The number of ether oxygens (including phenoxy) is 1. The number of benzene rings is 1. The molecule has 1 rings (SSSR count). The average Bonchev–Trinajstić information content (AvgIpc) is 2.33. The molecule has 0 aliphatic heterocycles. The zero-order valence-corrected chi connectivity index (χ0v) is 11.2. The van der Waals surface area contributed by atoms with Crippen LogP contribution in [0.1, 0.15) is 38.8 Å². The van der Waals surface area contributed by atoms with E-state index in [0.717, 1.165) is 6.42 Å². The van der Waals surface area contributed by atoms with Crippen LogP contribution in [0, 0.1) is 11.6 Å². The summed E-state index contributed by atoms with van der Waals surface area (Å²) in [6, 6.07) is 3.46. The van der Waals surface area contributed by atoms with E-state index < -0.39 is 17.7 Å². The summed E-state index contributed by atoms with van der Waals surface area (Å²) in [7, 11) is 0. The molecule has 102 valence electrons. The number of hydrogen-bond donors (Lipinski definition) is 1. The smallest absolute Gasteiger partial charge is 0.131 e. The highest BCUT2D eigenvalue weighted by atomic mass is 19.1. The molecule has 0 radical (unpaired) electrons. The fourth-order valence-corrected chi connectivity index (χ4v) is 1.97. The third-order valence-electron chi connectivity index (χ3n) is 2.82. The molecule has 0 aliphatic rings. The molecule has 1 N–H and O–H groups in total.